The van der Waals surface area contributed by atoms with Gasteiger partial charge in [0.15, 0.2) is 5.78 Å². The van der Waals surface area contributed by atoms with Crippen molar-refractivity contribution in [1.82, 2.24) is 0 Å². The second-order valence-corrected chi connectivity index (χ2v) is 14.7. The molecule has 0 aromatic heterocycles. The molecule has 0 atom stereocenters. The fraction of sp³-hybridized carbons (Fsp3) is 0.316. The quantitative estimate of drug-likeness (QED) is 0.603. The van der Waals surface area contributed by atoms with Crippen LogP contribution in [-0.4, -0.2) is 22.9 Å². The molecule has 0 spiro atoms. The lowest BCUT2D eigenvalue weighted by molar-refractivity contribution is 0.103. The molecule has 122 valence electrons. The number of hydrogen-bond donors (Lipinski definition) is 0. The van der Waals surface area contributed by atoms with Gasteiger partial charge in [0.05, 0.1) is 8.80 Å². The zero-order valence-electron chi connectivity index (χ0n) is 14.9. The first kappa shape index (κ1) is 17.7. The van der Waals surface area contributed by atoms with E-state index in [0.717, 1.165) is 11.3 Å². The van der Waals surface area contributed by atoms with E-state index in [1.807, 2.05) is 36.4 Å². The fourth-order valence-corrected chi connectivity index (χ4v) is 4.86. The van der Waals surface area contributed by atoms with Crippen LogP contribution in [0.15, 0.2) is 42.5 Å². The molecule has 0 bridgehead atoms. The molecule has 0 aliphatic carbocycles. The molecule has 0 aliphatic rings. The van der Waals surface area contributed by atoms with Crippen LogP contribution in [0.4, 0.5) is 0 Å². The van der Waals surface area contributed by atoms with Crippen molar-refractivity contribution in [2.75, 3.05) is 0 Å². The topological polar surface area (TPSA) is 26.3 Å². The number of carbonyl (C=O) groups is 1. The molecule has 0 saturated carbocycles. The molecule has 2 aromatic rings. The van der Waals surface area contributed by atoms with Crippen LogP contribution >= 0.6 is 0 Å². The van der Waals surface area contributed by atoms with Gasteiger partial charge in [-0.15, -0.1) is 0 Å². The lowest BCUT2D eigenvalue weighted by Gasteiger charge is -2.19. The molecule has 0 aliphatic heterocycles. The lowest BCUT2D eigenvalue weighted by atomic mass is 10.0. The Balaban J connectivity index is 2.40. The summed E-state index contributed by atoms with van der Waals surface area (Å²) in [7, 11) is -2.74. The highest BCUT2D eigenvalue weighted by Gasteiger charge is 2.19. The molecule has 0 fully saturated rings. The molecule has 0 radical (unpaired) electrons. The van der Waals surface area contributed by atoms with Gasteiger partial charge < -0.3 is 4.43 Å². The molecule has 0 saturated heterocycles. The maximum absolute atomic E-state index is 13.0. The van der Waals surface area contributed by atoms with Gasteiger partial charge in [0, 0.05) is 11.1 Å². The average Bonchev–Trinajstić information content (AvgIpc) is 2.45. The molecular weight excluding hydrogens is 316 g/mol. The van der Waals surface area contributed by atoms with Crippen LogP contribution in [0.3, 0.4) is 0 Å². The van der Waals surface area contributed by atoms with E-state index in [2.05, 4.69) is 45.7 Å². The summed E-state index contributed by atoms with van der Waals surface area (Å²) in [5.74, 6) is 0.896. The third-order valence-corrected chi connectivity index (χ3v) is 6.16. The van der Waals surface area contributed by atoms with Gasteiger partial charge in [-0.05, 0) is 38.7 Å². The summed E-state index contributed by atoms with van der Waals surface area (Å²) >= 11 is 0. The van der Waals surface area contributed by atoms with E-state index in [4.69, 9.17) is 4.43 Å². The Labute approximate surface area is 142 Å². The molecule has 2 rings (SSSR count). The van der Waals surface area contributed by atoms with Crippen molar-refractivity contribution >= 4 is 28.1 Å². The normalized spacial score (nSPS) is 11.6. The monoisotopic (exact) mass is 342 g/mol. The second-order valence-electron chi connectivity index (χ2n) is 7.32. The van der Waals surface area contributed by atoms with Crippen LogP contribution in [0.2, 0.25) is 32.7 Å². The largest absolute Gasteiger partial charge is 0.544 e. The van der Waals surface area contributed by atoms with Crippen molar-refractivity contribution in [3.8, 4) is 5.75 Å². The molecule has 4 heteroatoms. The maximum atomic E-state index is 13.0. The number of hydrogen-bond acceptors (Lipinski definition) is 2. The molecular formula is C19H26O2Si2. The molecule has 0 amide bonds. The van der Waals surface area contributed by atoms with Crippen LogP contribution in [0.25, 0.3) is 0 Å². The van der Waals surface area contributed by atoms with E-state index < -0.39 is 17.1 Å². The van der Waals surface area contributed by atoms with Crippen molar-refractivity contribution in [2.45, 2.75) is 39.7 Å². The highest BCUT2D eigenvalue weighted by Crippen LogP contribution is 2.20. The summed E-state index contributed by atoms with van der Waals surface area (Å²) in [6, 6.07) is 13.8. The Bertz CT molecular complexity index is 716. The van der Waals surface area contributed by atoms with Crippen LogP contribution in [0.5, 0.6) is 5.75 Å². The minimum absolute atomic E-state index is 0.0993. The second kappa shape index (κ2) is 6.85. The summed E-state index contributed by atoms with van der Waals surface area (Å²) in [5.41, 5.74) is 2.77. The zero-order valence-corrected chi connectivity index (χ0v) is 17.1. The van der Waals surface area contributed by atoms with Gasteiger partial charge in [-0.3, -0.25) is 4.79 Å². The number of rotatable bonds is 5. The van der Waals surface area contributed by atoms with E-state index in [1.54, 1.807) is 0 Å². The van der Waals surface area contributed by atoms with Crippen molar-refractivity contribution in [3.05, 3.63) is 59.2 Å². The van der Waals surface area contributed by atoms with Crippen molar-refractivity contribution in [2.24, 2.45) is 0 Å². The molecule has 0 N–H and O–H groups in total. The first-order chi connectivity index (χ1) is 10.7. The van der Waals surface area contributed by atoms with Crippen LogP contribution in [0, 0.1) is 6.92 Å². The standard InChI is InChI=1S/C19H26O2Si2/c1-14-10-11-17(18(12-14)22(2)3)19(20)15-8-7-9-16(13-15)21-23(4,5)6/h7-13,22H,1-6H3. The van der Waals surface area contributed by atoms with Crippen molar-refractivity contribution in [3.63, 3.8) is 0 Å². The van der Waals surface area contributed by atoms with Crippen molar-refractivity contribution in [1.29, 1.82) is 0 Å². The van der Waals surface area contributed by atoms with Crippen LogP contribution in [-0.2, 0) is 0 Å². The first-order valence-corrected chi connectivity index (χ1v) is 14.4. The SMILES string of the molecule is Cc1ccc(C(=O)c2cccc(O[Si](C)(C)C)c2)c([SiH](C)C)c1. The Morgan fingerprint density at radius 3 is 2.35 bits per heavy atom. The third-order valence-electron chi connectivity index (χ3n) is 3.59. The zero-order chi connectivity index (χ0) is 17.2. The number of aryl methyl sites for hydroxylation is 1. The van der Waals surface area contributed by atoms with E-state index in [-0.39, 0.29) is 5.78 Å². The van der Waals surface area contributed by atoms with E-state index in [0.29, 0.717) is 5.56 Å². The number of ketones is 1. The minimum atomic E-state index is -1.68. The summed E-state index contributed by atoms with van der Waals surface area (Å²) in [6.45, 7) is 13.0. The molecule has 2 aromatic carbocycles. The van der Waals surface area contributed by atoms with Crippen molar-refractivity contribution < 1.29 is 9.22 Å². The molecule has 2 nitrogen and oxygen atoms in total. The Morgan fingerprint density at radius 1 is 1.04 bits per heavy atom. The van der Waals surface area contributed by atoms with Gasteiger partial charge >= 0.3 is 0 Å². The predicted octanol–water partition coefficient (Wildman–Crippen LogP) is 4.13. The summed E-state index contributed by atoms with van der Waals surface area (Å²) < 4.78 is 6.02. The van der Waals surface area contributed by atoms with Gasteiger partial charge in [0.1, 0.15) is 5.75 Å². The predicted molar refractivity (Wildman–Crippen MR) is 104 cm³/mol. The lowest BCUT2D eigenvalue weighted by Crippen LogP contribution is -2.30. The van der Waals surface area contributed by atoms with Gasteiger partial charge in [0.2, 0.25) is 8.32 Å². The molecule has 23 heavy (non-hydrogen) atoms. The molecule has 0 unspecified atom stereocenters. The highest BCUT2D eigenvalue weighted by atomic mass is 28.4. The van der Waals surface area contributed by atoms with Gasteiger partial charge in [0.25, 0.3) is 0 Å². The summed E-state index contributed by atoms with van der Waals surface area (Å²) in [4.78, 5) is 13.0. The van der Waals surface area contributed by atoms with Crippen LogP contribution < -0.4 is 9.61 Å². The Kier molecular flexibility index (Phi) is 5.27. The van der Waals surface area contributed by atoms with Gasteiger partial charge in [-0.1, -0.05) is 54.2 Å². The smallest absolute Gasteiger partial charge is 0.242 e. The number of carbonyl (C=O) groups excluding carboxylic acids is 1. The Morgan fingerprint density at radius 2 is 1.74 bits per heavy atom. The fourth-order valence-electron chi connectivity index (χ4n) is 2.58. The van der Waals surface area contributed by atoms with E-state index in [1.165, 1.54) is 10.8 Å². The summed E-state index contributed by atoms with van der Waals surface area (Å²) in [5, 5.41) is 1.24. The average molecular weight is 343 g/mol. The Hall–Kier alpha value is -1.66. The van der Waals surface area contributed by atoms with Crippen LogP contribution in [0.1, 0.15) is 21.5 Å². The maximum Gasteiger partial charge on any atom is 0.242 e. The number of benzene rings is 2. The minimum Gasteiger partial charge on any atom is -0.544 e. The highest BCUT2D eigenvalue weighted by molar-refractivity contribution is 6.72. The van der Waals surface area contributed by atoms with Gasteiger partial charge in [-0.2, -0.15) is 0 Å². The third kappa shape index (κ3) is 4.66. The molecule has 0 heterocycles. The van der Waals surface area contributed by atoms with E-state index in [9.17, 15) is 4.79 Å². The summed E-state index contributed by atoms with van der Waals surface area (Å²) in [6.07, 6.45) is 0. The van der Waals surface area contributed by atoms with Gasteiger partial charge in [-0.25, -0.2) is 0 Å². The van der Waals surface area contributed by atoms with E-state index >= 15 is 0 Å². The first-order valence-electron chi connectivity index (χ1n) is 8.12.